The zero-order valence-electron chi connectivity index (χ0n) is 22.5. The number of amides is 1. The van der Waals surface area contributed by atoms with E-state index in [0.29, 0.717) is 18.1 Å². The summed E-state index contributed by atoms with van der Waals surface area (Å²) in [6, 6.07) is 8.96. The number of hydrogen-bond donors (Lipinski definition) is 2. The second-order valence-corrected chi connectivity index (χ2v) is 6.54. The van der Waals surface area contributed by atoms with E-state index in [1.54, 1.807) is 29.0 Å². The first-order chi connectivity index (χ1) is 16.9. The van der Waals surface area contributed by atoms with E-state index in [1.165, 1.54) is 14.0 Å². The lowest BCUT2D eigenvalue weighted by Crippen LogP contribution is -2.27. The molecule has 1 heterocycles. The van der Waals surface area contributed by atoms with Gasteiger partial charge in [0.2, 0.25) is 5.88 Å². The minimum Gasteiger partial charge on any atom is -0.497 e. The van der Waals surface area contributed by atoms with Crippen molar-refractivity contribution in [2.75, 3.05) is 47.9 Å². The molecule has 9 heteroatoms. The van der Waals surface area contributed by atoms with Crippen molar-refractivity contribution in [2.24, 2.45) is 0 Å². The summed E-state index contributed by atoms with van der Waals surface area (Å²) in [4.78, 5) is 23.2. The fraction of sp³-hybridized carbons (Fsp3) is 0.423. The largest absolute Gasteiger partial charge is 0.497 e. The predicted octanol–water partition coefficient (Wildman–Crippen LogP) is 3.71. The van der Waals surface area contributed by atoms with Crippen molar-refractivity contribution >= 4 is 12.2 Å². The quantitative estimate of drug-likeness (QED) is 0.409. The Balaban J connectivity index is 0. The normalized spacial score (nSPS) is 9.37. The van der Waals surface area contributed by atoms with Gasteiger partial charge in [0.15, 0.2) is 0 Å². The van der Waals surface area contributed by atoms with Crippen LogP contribution < -0.4 is 20.1 Å². The number of ether oxygens (including phenoxy) is 2. The topological polar surface area (TPSA) is 97.7 Å². The first kappa shape index (κ1) is 33.7. The summed E-state index contributed by atoms with van der Waals surface area (Å²) in [5.41, 5.74) is 1.20. The standard InChI is InChI=1S/C17H21N3O3.C4H9N.C3H9N.C2H4O/c1-5-11-19(6-2)17(21)15-12-16(23-4)18-20(15)13-7-9-14(22-3)10-8-13;1-3-4-5-2;1-3-4-2;1-2-3/h5,7-12H,6H2,1-4H3;3,5H,1,4H2,2H3;4H,3H2,1-2H3;2H,1H3/b11-5+;;;. The number of aromatic nitrogens is 2. The van der Waals surface area contributed by atoms with Gasteiger partial charge in [0.25, 0.3) is 5.91 Å². The summed E-state index contributed by atoms with van der Waals surface area (Å²) < 4.78 is 11.9. The molecule has 0 spiro atoms. The molecule has 0 saturated heterocycles. The van der Waals surface area contributed by atoms with Crippen LogP contribution in [0.4, 0.5) is 0 Å². The molecule has 1 amide bonds. The average Bonchev–Trinajstić information content (AvgIpc) is 3.33. The molecule has 2 aromatic rings. The number of likely N-dealkylation sites (N-methyl/N-ethyl adjacent to an activating group) is 1. The van der Waals surface area contributed by atoms with Gasteiger partial charge in [0.1, 0.15) is 17.7 Å². The van der Waals surface area contributed by atoms with E-state index < -0.39 is 0 Å². The molecule has 1 aromatic heterocycles. The molecule has 0 fully saturated rings. The molecular weight excluding hydrogens is 446 g/mol. The maximum Gasteiger partial charge on any atom is 0.276 e. The lowest BCUT2D eigenvalue weighted by atomic mass is 10.3. The van der Waals surface area contributed by atoms with Gasteiger partial charge < -0.3 is 29.8 Å². The molecule has 0 aliphatic rings. The Labute approximate surface area is 210 Å². The third kappa shape index (κ3) is 13.8. The number of carbonyl (C=O) groups excluding carboxylic acids is 2. The number of hydrogen-bond acceptors (Lipinski definition) is 7. The van der Waals surface area contributed by atoms with E-state index in [9.17, 15) is 4.79 Å². The second kappa shape index (κ2) is 22.4. The molecule has 2 N–H and O–H groups in total. The number of nitrogens with zero attached hydrogens (tertiary/aromatic N) is 3. The molecular formula is C26H43N5O4. The summed E-state index contributed by atoms with van der Waals surface area (Å²) in [6.45, 7) is 13.3. The zero-order chi connectivity index (χ0) is 27.1. The Morgan fingerprint density at radius 3 is 2.03 bits per heavy atom. The van der Waals surface area contributed by atoms with Crippen molar-refractivity contribution in [1.29, 1.82) is 0 Å². The molecule has 0 radical (unpaired) electrons. The first-order valence-electron chi connectivity index (χ1n) is 11.4. The minimum atomic E-state index is -0.141. The van der Waals surface area contributed by atoms with Crippen LogP contribution in [-0.2, 0) is 4.79 Å². The van der Waals surface area contributed by atoms with Crippen molar-refractivity contribution in [1.82, 2.24) is 25.3 Å². The van der Waals surface area contributed by atoms with Gasteiger partial charge in [-0.05, 0) is 65.7 Å². The maximum absolute atomic E-state index is 12.7. The SMILES string of the molecule is C/C=C/N(CC)C(=O)c1cc(OC)nn1-c1ccc(OC)cc1.C=CCNC.CC=O.CCNC. The monoisotopic (exact) mass is 489 g/mol. The van der Waals surface area contributed by atoms with Crippen LogP contribution in [-0.4, -0.2) is 74.8 Å². The van der Waals surface area contributed by atoms with Crippen molar-refractivity contribution in [3.8, 4) is 17.3 Å². The summed E-state index contributed by atoms with van der Waals surface area (Å²) in [6.07, 6.45) is 6.15. The van der Waals surface area contributed by atoms with Gasteiger partial charge in [-0.15, -0.1) is 11.7 Å². The number of allylic oxidation sites excluding steroid dienone is 1. The first-order valence-corrected chi connectivity index (χ1v) is 11.4. The molecule has 196 valence electrons. The van der Waals surface area contributed by atoms with E-state index in [2.05, 4.69) is 29.2 Å². The molecule has 0 bridgehead atoms. The molecule has 1 aromatic carbocycles. The van der Waals surface area contributed by atoms with Gasteiger partial charge in [-0.1, -0.05) is 19.1 Å². The third-order valence-electron chi connectivity index (χ3n) is 4.06. The van der Waals surface area contributed by atoms with E-state index in [1.807, 2.05) is 64.4 Å². The minimum absolute atomic E-state index is 0.141. The Kier molecular flexibility index (Phi) is 21.6. The summed E-state index contributed by atoms with van der Waals surface area (Å²) >= 11 is 0. The van der Waals surface area contributed by atoms with Crippen molar-refractivity contribution in [2.45, 2.75) is 27.7 Å². The van der Waals surface area contributed by atoms with Crippen LogP contribution in [0.25, 0.3) is 5.69 Å². The average molecular weight is 490 g/mol. The fourth-order valence-corrected chi connectivity index (χ4v) is 2.32. The van der Waals surface area contributed by atoms with Gasteiger partial charge in [-0.2, -0.15) is 0 Å². The molecule has 0 aliphatic carbocycles. The van der Waals surface area contributed by atoms with Gasteiger partial charge in [-0.3, -0.25) is 4.79 Å². The van der Waals surface area contributed by atoms with Crippen LogP contribution in [0.3, 0.4) is 0 Å². The lowest BCUT2D eigenvalue weighted by Gasteiger charge is -2.16. The van der Waals surface area contributed by atoms with Crippen LogP contribution in [0.1, 0.15) is 38.2 Å². The molecule has 0 unspecified atom stereocenters. The van der Waals surface area contributed by atoms with Crippen LogP contribution in [0, 0.1) is 0 Å². The second-order valence-electron chi connectivity index (χ2n) is 6.54. The smallest absolute Gasteiger partial charge is 0.276 e. The van der Waals surface area contributed by atoms with Crippen molar-refractivity contribution < 1.29 is 19.1 Å². The number of methoxy groups -OCH3 is 2. The highest BCUT2D eigenvalue weighted by molar-refractivity contribution is 5.94. The highest BCUT2D eigenvalue weighted by Gasteiger charge is 2.20. The molecule has 35 heavy (non-hydrogen) atoms. The number of aldehydes is 1. The number of carbonyl (C=O) groups is 2. The predicted molar refractivity (Wildman–Crippen MR) is 144 cm³/mol. The third-order valence-corrected chi connectivity index (χ3v) is 4.06. The maximum atomic E-state index is 12.7. The van der Waals surface area contributed by atoms with Gasteiger partial charge in [0, 0.05) is 25.4 Å². The van der Waals surface area contributed by atoms with Gasteiger partial charge in [-0.25, -0.2) is 4.68 Å². The molecule has 0 atom stereocenters. The van der Waals surface area contributed by atoms with Crippen LogP contribution in [0.2, 0.25) is 0 Å². The van der Waals surface area contributed by atoms with E-state index >= 15 is 0 Å². The van der Waals surface area contributed by atoms with Crippen LogP contribution in [0.5, 0.6) is 11.6 Å². The lowest BCUT2D eigenvalue weighted by molar-refractivity contribution is -0.106. The van der Waals surface area contributed by atoms with Gasteiger partial charge in [0.05, 0.1) is 19.9 Å². The van der Waals surface area contributed by atoms with E-state index in [-0.39, 0.29) is 5.91 Å². The fourth-order valence-electron chi connectivity index (χ4n) is 2.32. The molecule has 9 nitrogen and oxygen atoms in total. The Morgan fingerprint density at radius 1 is 1.11 bits per heavy atom. The highest BCUT2D eigenvalue weighted by Crippen LogP contribution is 2.21. The summed E-state index contributed by atoms with van der Waals surface area (Å²) in [5, 5.41) is 10.2. The molecule has 2 rings (SSSR count). The summed E-state index contributed by atoms with van der Waals surface area (Å²) in [7, 11) is 6.96. The Morgan fingerprint density at radius 2 is 1.69 bits per heavy atom. The number of nitrogens with one attached hydrogen (secondary N) is 2. The van der Waals surface area contributed by atoms with Crippen molar-refractivity contribution in [3.63, 3.8) is 0 Å². The highest BCUT2D eigenvalue weighted by atomic mass is 16.5. The summed E-state index contributed by atoms with van der Waals surface area (Å²) in [5.74, 6) is 0.989. The molecule has 0 aliphatic heterocycles. The zero-order valence-corrected chi connectivity index (χ0v) is 22.5. The Bertz CT molecular complexity index is 846. The number of benzene rings is 1. The van der Waals surface area contributed by atoms with Crippen LogP contribution >= 0.6 is 0 Å². The van der Waals surface area contributed by atoms with E-state index in [0.717, 1.165) is 30.8 Å². The Hall–Kier alpha value is -3.43. The molecule has 0 saturated carbocycles. The van der Waals surface area contributed by atoms with Crippen molar-refractivity contribution in [3.05, 3.63) is 61.0 Å². The van der Waals surface area contributed by atoms with Crippen LogP contribution in [0.15, 0.2) is 55.3 Å². The van der Waals surface area contributed by atoms with Gasteiger partial charge >= 0.3 is 0 Å². The number of rotatable bonds is 9. The van der Waals surface area contributed by atoms with E-state index in [4.69, 9.17) is 14.3 Å².